The number of carbonyl (C=O) groups is 1. The number of benzene rings is 1. The van der Waals surface area contributed by atoms with Crippen molar-refractivity contribution in [2.24, 2.45) is 5.92 Å². The first kappa shape index (κ1) is 12.5. The molecule has 94 valence electrons. The van der Waals surface area contributed by atoms with Crippen LogP contribution in [0.4, 0.5) is 0 Å². The third kappa shape index (κ3) is 2.08. The fourth-order valence-electron chi connectivity index (χ4n) is 1.65. The van der Waals surface area contributed by atoms with Gasteiger partial charge in [0.1, 0.15) is 0 Å². The third-order valence-electron chi connectivity index (χ3n) is 2.75. The maximum Gasteiger partial charge on any atom is 0.335 e. The summed E-state index contributed by atoms with van der Waals surface area (Å²) >= 11 is 0. The molecule has 2 rings (SSSR count). The van der Waals surface area contributed by atoms with Gasteiger partial charge in [0.2, 0.25) is 10.0 Å². The molecular formula is C11H10N2O4S. The van der Waals surface area contributed by atoms with E-state index in [1.54, 1.807) is 0 Å². The minimum atomic E-state index is -3.68. The van der Waals surface area contributed by atoms with Gasteiger partial charge in [-0.15, -0.1) is 0 Å². The maximum absolute atomic E-state index is 12.1. The number of sulfonamides is 1. The quantitative estimate of drug-likeness (QED) is 0.860. The predicted molar refractivity (Wildman–Crippen MR) is 61.3 cm³/mol. The number of hydrogen-bond acceptors (Lipinski definition) is 4. The van der Waals surface area contributed by atoms with Crippen LogP contribution in [-0.2, 0) is 10.0 Å². The Balaban J connectivity index is 2.29. The number of nitriles is 1. The van der Waals surface area contributed by atoms with Crippen molar-refractivity contribution < 1.29 is 18.3 Å². The molecule has 0 amide bonds. The van der Waals surface area contributed by atoms with E-state index in [1.165, 1.54) is 22.5 Å². The molecule has 7 heteroatoms. The molecule has 0 radical (unpaired) electrons. The molecule has 1 fully saturated rings. The smallest absolute Gasteiger partial charge is 0.335 e. The van der Waals surface area contributed by atoms with E-state index in [0.29, 0.717) is 0 Å². The molecule has 1 aromatic rings. The number of carboxylic acids is 1. The fraction of sp³-hybridized carbons (Fsp3) is 0.273. The summed E-state index contributed by atoms with van der Waals surface area (Å²) in [6.45, 7) is 0.326. The second-order valence-electron chi connectivity index (χ2n) is 3.98. The Morgan fingerprint density at radius 3 is 2.67 bits per heavy atom. The maximum atomic E-state index is 12.1. The molecule has 0 bridgehead atoms. The van der Waals surface area contributed by atoms with Gasteiger partial charge in [-0.25, -0.2) is 13.2 Å². The average Bonchev–Trinajstić information content (AvgIpc) is 2.27. The number of rotatable bonds is 3. The highest BCUT2D eigenvalue weighted by atomic mass is 32.2. The lowest BCUT2D eigenvalue weighted by Gasteiger charge is -2.33. The van der Waals surface area contributed by atoms with Crippen molar-refractivity contribution in [3.63, 3.8) is 0 Å². The highest BCUT2D eigenvalue weighted by molar-refractivity contribution is 7.89. The van der Waals surface area contributed by atoms with Crippen molar-refractivity contribution in [3.8, 4) is 6.07 Å². The predicted octanol–water partition coefficient (Wildman–Crippen LogP) is 0.529. The third-order valence-corrected chi connectivity index (χ3v) is 4.58. The molecule has 6 nitrogen and oxygen atoms in total. The highest BCUT2D eigenvalue weighted by Gasteiger charge is 2.36. The summed E-state index contributed by atoms with van der Waals surface area (Å²) in [7, 11) is -3.68. The van der Waals surface area contributed by atoms with Gasteiger partial charge in [0.25, 0.3) is 0 Å². The van der Waals surface area contributed by atoms with E-state index in [9.17, 15) is 13.2 Å². The van der Waals surface area contributed by atoms with Crippen LogP contribution in [0.3, 0.4) is 0 Å². The van der Waals surface area contributed by atoms with E-state index in [2.05, 4.69) is 0 Å². The summed E-state index contributed by atoms with van der Waals surface area (Å²) in [6.07, 6.45) is 0. The van der Waals surface area contributed by atoms with E-state index in [4.69, 9.17) is 10.4 Å². The van der Waals surface area contributed by atoms with E-state index in [0.717, 1.165) is 6.07 Å². The van der Waals surface area contributed by atoms with Crippen LogP contribution in [0.15, 0.2) is 29.2 Å². The van der Waals surface area contributed by atoms with Crippen LogP contribution in [0.1, 0.15) is 10.4 Å². The zero-order chi connectivity index (χ0) is 13.3. The molecule has 0 unspecified atom stereocenters. The Morgan fingerprint density at radius 1 is 1.44 bits per heavy atom. The van der Waals surface area contributed by atoms with Crippen LogP contribution in [0.5, 0.6) is 0 Å². The van der Waals surface area contributed by atoms with Crippen LogP contribution in [0, 0.1) is 17.2 Å². The van der Waals surface area contributed by atoms with Crippen LogP contribution >= 0.6 is 0 Å². The largest absolute Gasteiger partial charge is 0.478 e. The molecule has 1 heterocycles. The topological polar surface area (TPSA) is 98.5 Å². The van der Waals surface area contributed by atoms with E-state index in [-0.39, 0.29) is 29.5 Å². The summed E-state index contributed by atoms with van der Waals surface area (Å²) in [5.41, 5.74) is -0.0755. The molecule has 0 aromatic heterocycles. The number of hydrogen-bond donors (Lipinski definition) is 1. The van der Waals surface area contributed by atoms with Crippen molar-refractivity contribution in [2.45, 2.75) is 4.90 Å². The van der Waals surface area contributed by atoms with Gasteiger partial charge in [0.15, 0.2) is 0 Å². The number of nitrogens with zero attached hydrogens (tertiary/aromatic N) is 2. The van der Waals surface area contributed by atoms with E-state index in [1.807, 2.05) is 6.07 Å². The Morgan fingerprint density at radius 2 is 2.11 bits per heavy atom. The van der Waals surface area contributed by atoms with Gasteiger partial charge in [-0.3, -0.25) is 0 Å². The second-order valence-corrected chi connectivity index (χ2v) is 5.92. The van der Waals surface area contributed by atoms with Gasteiger partial charge < -0.3 is 5.11 Å². The lowest BCUT2D eigenvalue weighted by Crippen LogP contribution is -2.49. The Hall–Kier alpha value is -1.91. The first-order valence-corrected chi connectivity index (χ1v) is 6.62. The molecule has 1 N–H and O–H groups in total. The normalized spacial score (nSPS) is 16.8. The van der Waals surface area contributed by atoms with Crippen molar-refractivity contribution >= 4 is 16.0 Å². The lowest BCUT2D eigenvalue weighted by atomic mass is 10.1. The zero-order valence-electron chi connectivity index (χ0n) is 9.28. The number of aromatic carboxylic acids is 1. The van der Waals surface area contributed by atoms with Gasteiger partial charge in [-0.2, -0.15) is 9.57 Å². The van der Waals surface area contributed by atoms with Crippen LogP contribution in [-0.4, -0.2) is 36.9 Å². The van der Waals surface area contributed by atoms with Crippen molar-refractivity contribution in [1.82, 2.24) is 4.31 Å². The van der Waals surface area contributed by atoms with Crippen LogP contribution in [0.2, 0.25) is 0 Å². The molecule has 1 aliphatic heterocycles. The Kier molecular flexibility index (Phi) is 3.07. The molecule has 18 heavy (non-hydrogen) atoms. The van der Waals surface area contributed by atoms with Crippen molar-refractivity contribution in [1.29, 1.82) is 5.26 Å². The van der Waals surface area contributed by atoms with Gasteiger partial charge in [-0.1, -0.05) is 6.07 Å². The van der Waals surface area contributed by atoms with Crippen LogP contribution < -0.4 is 0 Å². The first-order chi connectivity index (χ1) is 8.45. The summed E-state index contributed by atoms with van der Waals surface area (Å²) in [5.74, 6) is -1.45. The molecule has 1 saturated heterocycles. The summed E-state index contributed by atoms with van der Waals surface area (Å²) in [6, 6.07) is 7.17. The van der Waals surface area contributed by atoms with Gasteiger partial charge in [0, 0.05) is 13.1 Å². The van der Waals surface area contributed by atoms with E-state index < -0.39 is 16.0 Å². The fourth-order valence-corrected chi connectivity index (χ4v) is 3.23. The lowest BCUT2D eigenvalue weighted by molar-refractivity contribution is 0.0696. The van der Waals surface area contributed by atoms with Gasteiger partial charge in [-0.05, 0) is 18.2 Å². The number of carboxylic acid groups (broad SMARTS) is 1. The molecule has 1 aromatic carbocycles. The SMILES string of the molecule is N#CC1CN(S(=O)(=O)c2cccc(C(=O)O)c2)C1. The van der Waals surface area contributed by atoms with Gasteiger partial charge >= 0.3 is 5.97 Å². The summed E-state index contributed by atoms with van der Waals surface area (Å²) in [5, 5.41) is 17.4. The molecule has 0 aliphatic carbocycles. The Labute approximate surface area is 104 Å². The molecule has 0 saturated carbocycles. The standard InChI is InChI=1S/C11H10N2O4S/c12-5-8-6-13(7-8)18(16,17)10-3-1-2-9(4-10)11(14)15/h1-4,8H,6-7H2,(H,14,15). The molecule has 0 spiro atoms. The van der Waals surface area contributed by atoms with Gasteiger partial charge in [0.05, 0.1) is 22.4 Å². The summed E-state index contributed by atoms with van der Waals surface area (Å²) < 4.78 is 25.3. The van der Waals surface area contributed by atoms with Crippen molar-refractivity contribution in [3.05, 3.63) is 29.8 Å². The van der Waals surface area contributed by atoms with Crippen molar-refractivity contribution in [2.75, 3.05) is 13.1 Å². The highest BCUT2D eigenvalue weighted by Crippen LogP contribution is 2.25. The minimum Gasteiger partial charge on any atom is -0.478 e. The van der Waals surface area contributed by atoms with E-state index >= 15 is 0 Å². The molecular weight excluding hydrogens is 256 g/mol. The monoisotopic (exact) mass is 266 g/mol. The Bertz CT molecular complexity index is 627. The average molecular weight is 266 g/mol. The first-order valence-electron chi connectivity index (χ1n) is 5.18. The second kappa shape index (κ2) is 4.40. The molecule has 1 aliphatic rings. The zero-order valence-corrected chi connectivity index (χ0v) is 10.1. The minimum absolute atomic E-state index is 0.0567. The van der Waals surface area contributed by atoms with Crippen LogP contribution in [0.25, 0.3) is 0 Å². The molecule has 0 atom stereocenters. The summed E-state index contributed by atoms with van der Waals surface area (Å²) in [4.78, 5) is 10.7.